The van der Waals surface area contributed by atoms with Gasteiger partial charge in [0.15, 0.2) is 0 Å². The van der Waals surface area contributed by atoms with E-state index in [4.69, 9.17) is 4.74 Å². The molecule has 0 aliphatic carbocycles. The molecule has 0 spiro atoms. The molecule has 2 aliphatic rings. The number of rotatable bonds is 3. The van der Waals surface area contributed by atoms with Crippen molar-refractivity contribution in [2.45, 2.75) is 12.8 Å². The maximum Gasteiger partial charge on any atom is 0.253 e. The Morgan fingerprint density at radius 2 is 1.63 bits per heavy atom. The molecule has 0 unspecified atom stereocenters. The van der Waals surface area contributed by atoms with Crippen LogP contribution in [-0.2, 0) is 9.53 Å². The van der Waals surface area contributed by atoms with E-state index in [-0.39, 0.29) is 17.7 Å². The zero-order valence-electron chi connectivity index (χ0n) is 15.4. The summed E-state index contributed by atoms with van der Waals surface area (Å²) in [6.45, 7) is 3.75. The van der Waals surface area contributed by atoms with Crippen LogP contribution in [0.5, 0.6) is 0 Å². The molecule has 4 rings (SSSR count). The molecule has 2 aliphatic heterocycles. The first-order valence-electron chi connectivity index (χ1n) is 9.61. The van der Waals surface area contributed by atoms with E-state index in [0.29, 0.717) is 45.0 Å². The molecule has 0 bridgehead atoms. The molecule has 0 saturated carbocycles. The molecular formula is C21H25N3O3. The summed E-state index contributed by atoms with van der Waals surface area (Å²) in [5.41, 5.74) is 1.70. The molecule has 1 atom stereocenters. The Bertz CT molecular complexity index is 780. The van der Waals surface area contributed by atoms with Crippen molar-refractivity contribution in [1.29, 1.82) is 0 Å². The van der Waals surface area contributed by atoms with E-state index < -0.39 is 0 Å². The lowest BCUT2D eigenvalue weighted by atomic mass is 9.95. The van der Waals surface area contributed by atoms with Crippen molar-refractivity contribution in [2.75, 3.05) is 39.4 Å². The summed E-state index contributed by atoms with van der Waals surface area (Å²) in [4.78, 5) is 29.4. The molecule has 0 radical (unpaired) electrons. The van der Waals surface area contributed by atoms with Crippen LogP contribution in [0.1, 0.15) is 23.2 Å². The SMILES string of the molecule is O=C(c1ccc(-n2cccc2)cc1)N1CCC[C@H](C(=O)N2CCOCC2)C1. The molecule has 0 N–H and O–H groups in total. The van der Waals surface area contributed by atoms with E-state index in [1.54, 1.807) is 0 Å². The summed E-state index contributed by atoms with van der Waals surface area (Å²) in [6.07, 6.45) is 5.67. The van der Waals surface area contributed by atoms with E-state index in [0.717, 1.165) is 18.5 Å². The minimum atomic E-state index is -0.0973. The number of piperidine rings is 1. The highest BCUT2D eigenvalue weighted by Crippen LogP contribution is 2.22. The van der Waals surface area contributed by atoms with Gasteiger partial charge in [-0.25, -0.2) is 0 Å². The Kier molecular flexibility index (Phi) is 5.25. The van der Waals surface area contributed by atoms with E-state index in [2.05, 4.69) is 0 Å². The molecule has 2 saturated heterocycles. The van der Waals surface area contributed by atoms with Crippen LogP contribution in [-0.4, -0.2) is 65.6 Å². The maximum absolute atomic E-state index is 12.9. The monoisotopic (exact) mass is 367 g/mol. The molecular weight excluding hydrogens is 342 g/mol. The summed E-state index contributed by atoms with van der Waals surface area (Å²) in [6, 6.07) is 11.6. The van der Waals surface area contributed by atoms with Gasteiger partial charge >= 0.3 is 0 Å². The van der Waals surface area contributed by atoms with Gasteiger partial charge in [-0.1, -0.05) is 0 Å². The molecule has 2 aromatic rings. The quantitative estimate of drug-likeness (QED) is 0.836. The smallest absolute Gasteiger partial charge is 0.253 e. The first kappa shape index (κ1) is 17.8. The molecule has 1 aromatic carbocycles. The van der Waals surface area contributed by atoms with E-state index in [1.165, 1.54) is 0 Å². The van der Waals surface area contributed by atoms with Crippen LogP contribution in [0.4, 0.5) is 0 Å². The lowest BCUT2D eigenvalue weighted by molar-refractivity contribution is -0.141. The second-order valence-corrected chi connectivity index (χ2v) is 7.17. The van der Waals surface area contributed by atoms with Gasteiger partial charge in [0.25, 0.3) is 5.91 Å². The van der Waals surface area contributed by atoms with Crippen LogP contribution in [0.15, 0.2) is 48.8 Å². The van der Waals surface area contributed by atoms with Crippen LogP contribution in [0.25, 0.3) is 5.69 Å². The second kappa shape index (κ2) is 7.96. The predicted octanol–water partition coefficient (Wildman–Crippen LogP) is 2.19. The van der Waals surface area contributed by atoms with Crippen molar-refractivity contribution in [2.24, 2.45) is 5.92 Å². The third-order valence-corrected chi connectivity index (χ3v) is 5.40. The summed E-state index contributed by atoms with van der Waals surface area (Å²) >= 11 is 0. The largest absolute Gasteiger partial charge is 0.378 e. The number of amides is 2. The average molecular weight is 367 g/mol. The fourth-order valence-electron chi connectivity index (χ4n) is 3.87. The third kappa shape index (κ3) is 3.90. The van der Waals surface area contributed by atoms with Crippen molar-refractivity contribution in [3.63, 3.8) is 0 Å². The van der Waals surface area contributed by atoms with Crippen molar-refractivity contribution in [3.05, 3.63) is 54.4 Å². The van der Waals surface area contributed by atoms with E-state index in [1.807, 2.05) is 63.2 Å². The molecule has 142 valence electrons. The van der Waals surface area contributed by atoms with Crippen LogP contribution in [0.3, 0.4) is 0 Å². The Morgan fingerprint density at radius 3 is 2.33 bits per heavy atom. The highest BCUT2D eigenvalue weighted by molar-refractivity contribution is 5.95. The van der Waals surface area contributed by atoms with Gasteiger partial charge in [0.05, 0.1) is 19.1 Å². The molecule has 2 amide bonds. The first-order valence-corrected chi connectivity index (χ1v) is 9.61. The van der Waals surface area contributed by atoms with Gasteiger partial charge in [-0.05, 0) is 49.2 Å². The maximum atomic E-state index is 12.9. The molecule has 2 fully saturated rings. The van der Waals surface area contributed by atoms with Gasteiger partial charge in [0.2, 0.25) is 5.91 Å². The summed E-state index contributed by atoms with van der Waals surface area (Å²) in [5.74, 6) is 0.0761. The summed E-state index contributed by atoms with van der Waals surface area (Å²) < 4.78 is 7.34. The van der Waals surface area contributed by atoms with Gasteiger partial charge in [-0.3, -0.25) is 9.59 Å². The summed E-state index contributed by atoms with van der Waals surface area (Å²) in [7, 11) is 0. The van der Waals surface area contributed by atoms with Crippen LogP contribution < -0.4 is 0 Å². The molecule has 3 heterocycles. The van der Waals surface area contributed by atoms with Crippen molar-refractivity contribution in [1.82, 2.24) is 14.4 Å². The molecule has 6 nitrogen and oxygen atoms in total. The van der Waals surface area contributed by atoms with Gasteiger partial charge in [0, 0.05) is 49.8 Å². The molecule has 6 heteroatoms. The number of aromatic nitrogens is 1. The van der Waals surface area contributed by atoms with Crippen molar-refractivity contribution < 1.29 is 14.3 Å². The number of ether oxygens (including phenoxy) is 1. The van der Waals surface area contributed by atoms with Crippen molar-refractivity contribution in [3.8, 4) is 5.69 Å². The highest BCUT2D eigenvalue weighted by atomic mass is 16.5. The normalized spacial score (nSPS) is 20.5. The van der Waals surface area contributed by atoms with Crippen LogP contribution >= 0.6 is 0 Å². The number of likely N-dealkylation sites (tertiary alicyclic amines) is 1. The van der Waals surface area contributed by atoms with Gasteiger partial charge in [-0.15, -0.1) is 0 Å². The van der Waals surface area contributed by atoms with E-state index in [9.17, 15) is 9.59 Å². The van der Waals surface area contributed by atoms with Crippen molar-refractivity contribution >= 4 is 11.8 Å². The number of hydrogen-bond acceptors (Lipinski definition) is 3. The first-order chi connectivity index (χ1) is 13.2. The van der Waals surface area contributed by atoms with Gasteiger partial charge < -0.3 is 19.1 Å². The third-order valence-electron chi connectivity index (χ3n) is 5.40. The second-order valence-electron chi connectivity index (χ2n) is 7.17. The topological polar surface area (TPSA) is 54.8 Å². The predicted molar refractivity (Wildman–Crippen MR) is 102 cm³/mol. The minimum absolute atomic E-state index is 0.00790. The lowest BCUT2D eigenvalue weighted by Crippen LogP contribution is -2.49. The fraction of sp³-hybridized carbons (Fsp3) is 0.429. The van der Waals surface area contributed by atoms with E-state index >= 15 is 0 Å². The Morgan fingerprint density at radius 1 is 0.926 bits per heavy atom. The summed E-state index contributed by atoms with van der Waals surface area (Å²) in [5, 5.41) is 0. The Labute approximate surface area is 159 Å². The van der Waals surface area contributed by atoms with Gasteiger partial charge in [-0.2, -0.15) is 0 Å². The number of carbonyl (C=O) groups is 2. The minimum Gasteiger partial charge on any atom is -0.378 e. The number of benzene rings is 1. The molecule has 27 heavy (non-hydrogen) atoms. The number of carbonyl (C=O) groups excluding carboxylic acids is 2. The Hall–Kier alpha value is -2.60. The zero-order valence-corrected chi connectivity index (χ0v) is 15.4. The molecule has 1 aromatic heterocycles. The fourth-order valence-corrected chi connectivity index (χ4v) is 3.87. The lowest BCUT2D eigenvalue weighted by Gasteiger charge is -2.36. The standard InChI is InChI=1S/C21H25N3O3/c25-20(17-5-7-19(8-6-17)22-9-1-2-10-22)24-11-3-4-18(16-24)21(26)23-12-14-27-15-13-23/h1-2,5-10,18H,3-4,11-16H2/t18-/m0/s1. The number of hydrogen-bond donors (Lipinski definition) is 0. The Balaban J connectivity index is 1.41. The average Bonchev–Trinajstić information content (AvgIpc) is 3.28. The van der Waals surface area contributed by atoms with Crippen LogP contribution in [0, 0.1) is 5.92 Å². The zero-order chi connectivity index (χ0) is 18.6. The van der Waals surface area contributed by atoms with Gasteiger partial charge in [0.1, 0.15) is 0 Å². The van der Waals surface area contributed by atoms with Crippen LogP contribution in [0.2, 0.25) is 0 Å². The number of nitrogens with zero attached hydrogens (tertiary/aromatic N) is 3. The highest BCUT2D eigenvalue weighted by Gasteiger charge is 2.32. The number of morpholine rings is 1.